The summed E-state index contributed by atoms with van der Waals surface area (Å²) in [5.41, 5.74) is 3.43. The zero-order valence-electron chi connectivity index (χ0n) is 21.8. The molecule has 0 fully saturated rings. The highest BCUT2D eigenvalue weighted by molar-refractivity contribution is 5.86. The van der Waals surface area contributed by atoms with Crippen molar-refractivity contribution in [3.05, 3.63) is 71.8 Å². The van der Waals surface area contributed by atoms with Gasteiger partial charge in [0.1, 0.15) is 24.9 Å². The van der Waals surface area contributed by atoms with Crippen molar-refractivity contribution in [3.8, 4) is 11.1 Å². The molecule has 38 heavy (non-hydrogen) atoms. The van der Waals surface area contributed by atoms with E-state index in [2.05, 4.69) is 5.32 Å². The van der Waals surface area contributed by atoms with Gasteiger partial charge in [0, 0.05) is 12.3 Å². The minimum atomic E-state index is -1.31. The zero-order valence-corrected chi connectivity index (χ0v) is 21.8. The number of ether oxygens (including phenoxy) is 3. The van der Waals surface area contributed by atoms with Crippen molar-refractivity contribution in [2.75, 3.05) is 13.2 Å². The van der Waals surface area contributed by atoms with Crippen LogP contribution in [0.4, 0.5) is 4.79 Å². The zero-order chi connectivity index (χ0) is 27.7. The number of rotatable bonds is 11. The van der Waals surface area contributed by atoms with Crippen molar-refractivity contribution in [2.45, 2.75) is 57.6 Å². The van der Waals surface area contributed by atoms with Crippen LogP contribution in [0.5, 0.6) is 0 Å². The number of benzene rings is 2. The molecule has 2 aromatic rings. The van der Waals surface area contributed by atoms with E-state index in [1.165, 1.54) is 6.08 Å². The first-order valence-corrected chi connectivity index (χ1v) is 12.4. The highest BCUT2D eigenvalue weighted by atomic mass is 16.6. The number of carbonyl (C=O) groups excluding carboxylic acids is 3. The number of fused-ring (bicyclic) bond motifs is 3. The second-order valence-corrected chi connectivity index (χ2v) is 9.85. The van der Waals surface area contributed by atoms with Gasteiger partial charge in [0.25, 0.3) is 0 Å². The molecule has 1 aliphatic carbocycles. The van der Waals surface area contributed by atoms with E-state index in [-0.39, 0.29) is 25.6 Å². The fraction of sp³-hybridized carbons (Fsp3) is 0.379. The van der Waals surface area contributed by atoms with Crippen LogP contribution in [-0.2, 0) is 28.6 Å². The normalized spacial score (nSPS) is 13.3. The molecule has 0 aliphatic heterocycles. The van der Waals surface area contributed by atoms with Gasteiger partial charge in [0.05, 0.1) is 6.42 Å². The van der Waals surface area contributed by atoms with Crippen LogP contribution in [0.25, 0.3) is 11.1 Å². The summed E-state index contributed by atoms with van der Waals surface area (Å²) in [7, 11) is 0. The molecule has 0 heterocycles. The minimum absolute atomic E-state index is 0.0325. The second kappa shape index (κ2) is 12.9. The molecule has 1 atom stereocenters. The van der Waals surface area contributed by atoms with Crippen LogP contribution in [0.1, 0.15) is 57.1 Å². The van der Waals surface area contributed by atoms with Gasteiger partial charge in [-0.2, -0.15) is 0 Å². The van der Waals surface area contributed by atoms with Gasteiger partial charge in [-0.05, 0) is 49.4 Å². The molecule has 2 N–H and O–H groups in total. The maximum atomic E-state index is 12.7. The largest absolute Gasteiger partial charge is 0.481 e. The predicted octanol–water partition coefficient (Wildman–Crippen LogP) is 4.59. The molecular weight excluding hydrogens is 490 g/mol. The number of esters is 2. The van der Waals surface area contributed by atoms with Crippen molar-refractivity contribution in [1.82, 2.24) is 5.32 Å². The summed E-state index contributed by atoms with van der Waals surface area (Å²) in [6.45, 7) is 4.98. The first kappa shape index (κ1) is 28.4. The molecular formula is C29H33NO8. The summed E-state index contributed by atoms with van der Waals surface area (Å²) in [6, 6.07) is 14.5. The summed E-state index contributed by atoms with van der Waals surface area (Å²) >= 11 is 0. The van der Waals surface area contributed by atoms with Gasteiger partial charge in [-0.3, -0.25) is 9.59 Å². The van der Waals surface area contributed by atoms with Crippen LogP contribution in [0.2, 0.25) is 0 Å². The van der Waals surface area contributed by atoms with E-state index in [1.807, 2.05) is 48.5 Å². The van der Waals surface area contributed by atoms with Crippen LogP contribution in [0.15, 0.2) is 60.7 Å². The third-order valence-corrected chi connectivity index (χ3v) is 5.73. The predicted molar refractivity (Wildman–Crippen MR) is 139 cm³/mol. The summed E-state index contributed by atoms with van der Waals surface area (Å²) in [6.07, 6.45) is 2.06. The number of carbonyl (C=O) groups is 4. The lowest BCUT2D eigenvalue weighted by Crippen LogP contribution is -2.46. The van der Waals surface area contributed by atoms with Crippen molar-refractivity contribution in [3.63, 3.8) is 0 Å². The molecule has 0 saturated carbocycles. The third-order valence-electron chi connectivity index (χ3n) is 5.73. The number of alkyl carbamates (subject to hydrolysis) is 1. The molecule has 1 amide bonds. The minimum Gasteiger partial charge on any atom is -0.481 e. The average Bonchev–Trinajstić information content (AvgIpc) is 3.17. The maximum absolute atomic E-state index is 12.7. The van der Waals surface area contributed by atoms with Crippen LogP contribution < -0.4 is 5.32 Å². The van der Waals surface area contributed by atoms with E-state index in [4.69, 9.17) is 19.3 Å². The second-order valence-electron chi connectivity index (χ2n) is 9.85. The summed E-state index contributed by atoms with van der Waals surface area (Å²) in [4.78, 5) is 48.3. The number of nitrogens with one attached hydrogen (secondary N) is 1. The Morgan fingerprint density at radius 2 is 1.55 bits per heavy atom. The Hall–Kier alpha value is -4.14. The lowest BCUT2D eigenvalue weighted by molar-refractivity contribution is -0.160. The molecule has 2 aromatic carbocycles. The van der Waals surface area contributed by atoms with E-state index in [1.54, 1.807) is 26.8 Å². The number of carboxylic acids is 1. The molecule has 0 spiro atoms. The van der Waals surface area contributed by atoms with E-state index in [0.29, 0.717) is 6.42 Å². The van der Waals surface area contributed by atoms with Gasteiger partial charge in [-0.1, -0.05) is 60.7 Å². The Bertz CT molecular complexity index is 1150. The average molecular weight is 524 g/mol. The molecule has 202 valence electrons. The van der Waals surface area contributed by atoms with E-state index in [0.717, 1.165) is 22.3 Å². The van der Waals surface area contributed by atoms with E-state index >= 15 is 0 Å². The molecule has 0 bridgehead atoms. The Balaban J connectivity index is 1.60. The lowest BCUT2D eigenvalue weighted by Gasteiger charge is -2.24. The maximum Gasteiger partial charge on any atom is 0.407 e. The van der Waals surface area contributed by atoms with Crippen LogP contribution in [0, 0.1) is 0 Å². The highest BCUT2D eigenvalue weighted by Crippen LogP contribution is 2.44. The number of aliphatic carboxylic acids is 1. The molecule has 0 unspecified atom stereocenters. The van der Waals surface area contributed by atoms with Crippen LogP contribution >= 0.6 is 0 Å². The molecule has 9 nitrogen and oxygen atoms in total. The molecule has 0 aromatic heterocycles. The SMILES string of the molecule is CC(C)(C)OC(=O)[C@H](CC(=O)OC/C=C/CCC(=O)O)NC(=O)OCC1c2ccccc2-c2ccccc21. The smallest absolute Gasteiger partial charge is 0.407 e. The van der Waals surface area contributed by atoms with Gasteiger partial charge in [0.2, 0.25) is 0 Å². The Labute approximate surface area is 221 Å². The quantitative estimate of drug-likeness (QED) is 0.249. The molecule has 0 radical (unpaired) electrons. The van der Waals surface area contributed by atoms with Gasteiger partial charge in [-0.15, -0.1) is 0 Å². The first-order chi connectivity index (χ1) is 18.0. The monoisotopic (exact) mass is 523 g/mol. The number of carboxylic acid groups (broad SMARTS) is 1. The lowest BCUT2D eigenvalue weighted by atomic mass is 9.98. The van der Waals surface area contributed by atoms with Crippen molar-refractivity contribution < 1.29 is 38.5 Å². The number of hydrogen-bond acceptors (Lipinski definition) is 7. The third kappa shape index (κ3) is 8.19. The van der Waals surface area contributed by atoms with Gasteiger partial charge < -0.3 is 24.6 Å². The Morgan fingerprint density at radius 3 is 2.13 bits per heavy atom. The first-order valence-electron chi connectivity index (χ1n) is 12.4. The highest BCUT2D eigenvalue weighted by Gasteiger charge is 2.32. The summed E-state index contributed by atoms with van der Waals surface area (Å²) < 4.78 is 16.0. The Kier molecular flexibility index (Phi) is 9.65. The Morgan fingerprint density at radius 1 is 0.947 bits per heavy atom. The fourth-order valence-corrected chi connectivity index (χ4v) is 4.11. The molecule has 1 aliphatic rings. The van der Waals surface area contributed by atoms with Crippen molar-refractivity contribution in [2.24, 2.45) is 0 Å². The number of amides is 1. The summed E-state index contributed by atoms with van der Waals surface area (Å²) in [5.74, 6) is -2.61. The molecule has 3 rings (SSSR count). The van der Waals surface area contributed by atoms with E-state index < -0.39 is 42.1 Å². The number of hydrogen-bond donors (Lipinski definition) is 2. The van der Waals surface area contributed by atoms with Crippen molar-refractivity contribution in [1.29, 1.82) is 0 Å². The fourth-order valence-electron chi connectivity index (χ4n) is 4.11. The van der Waals surface area contributed by atoms with Gasteiger partial charge in [-0.25, -0.2) is 9.59 Å². The molecule has 0 saturated heterocycles. The summed E-state index contributed by atoms with van der Waals surface area (Å²) in [5, 5.41) is 11.1. The topological polar surface area (TPSA) is 128 Å². The van der Waals surface area contributed by atoms with Crippen LogP contribution in [-0.4, -0.2) is 54.0 Å². The number of allylic oxidation sites excluding steroid dienone is 1. The van der Waals surface area contributed by atoms with E-state index in [9.17, 15) is 19.2 Å². The molecule has 9 heteroatoms. The van der Waals surface area contributed by atoms with Crippen LogP contribution in [0.3, 0.4) is 0 Å². The van der Waals surface area contributed by atoms with Gasteiger partial charge in [0.15, 0.2) is 0 Å². The standard InChI is InChI=1S/C29H33NO8/c1-29(2,3)38-27(34)24(17-26(33)36-16-10-4-5-15-25(31)32)30-28(35)37-18-23-21-13-8-6-11-19(21)20-12-7-9-14-22(20)23/h4,6-14,23-24H,5,15-18H2,1-3H3,(H,30,35)(H,31,32)/b10-4+/t24-/m0/s1. The van der Waals surface area contributed by atoms with Gasteiger partial charge >= 0.3 is 24.0 Å². The van der Waals surface area contributed by atoms with Crippen molar-refractivity contribution >= 4 is 24.0 Å².